The Bertz CT molecular complexity index is 1470. The van der Waals surface area contributed by atoms with Crippen LogP contribution in [0.4, 0.5) is 0 Å². The lowest BCUT2D eigenvalue weighted by Crippen LogP contribution is -2.35. The molecular formula is C29H34N4O2. The minimum Gasteiger partial charge on any atom is -0.349 e. The van der Waals surface area contributed by atoms with E-state index in [1.807, 2.05) is 12.1 Å². The molecule has 0 saturated heterocycles. The van der Waals surface area contributed by atoms with Crippen LogP contribution in [0.25, 0.3) is 21.8 Å². The molecule has 0 fully saturated rings. The Kier molecular flexibility index (Phi) is 5.91. The molecular weight excluding hydrogens is 436 g/mol. The van der Waals surface area contributed by atoms with Gasteiger partial charge in [-0.15, -0.1) is 0 Å². The number of carbonyl (C=O) groups excluding carboxylic acids is 2. The average Bonchev–Trinajstić information content (AvgIpc) is 3.34. The van der Waals surface area contributed by atoms with Crippen molar-refractivity contribution in [1.29, 1.82) is 0 Å². The van der Waals surface area contributed by atoms with E-state index in [9.17, 15) is 9.59 Å². The minimum atomic E-state index is 0.0412. The van der Waals surface area contributed by atoms with Gasteiger partial charge in [-0.25, -0.2) is 0 Å². The van der Waals surface area contributed by atoms with Gasteiger partial charge in [-0.1, -0.05) is 37.1 Å². The summed E-state index contributed by atoms with van der Waals surface area (Å²) in [5.41, 5.74) is 9.17. The molecule has 2 aliphatic heterocycles. The molecule has 2 N–H and O–H groups in total. The molecule has 2 aliphatic rings. The number of amides is 2. The molecule has 2 aromatic carbocycles. The molecule has 0 radical (unpaired) electrons. The summed E-state index contributed by atoms with van der Waals surface area (Å²) in [6, 6.07) is 12.8. The fourth-order valence-electron chi connectivity index (χ4n) is 5.67. The molecule has 4 heterocycles. The first kappa shape index (κ1) is 23.2. The average molecular weight is 471 g/mol. The van der Waals surface area contributed by atoms with Crippen LogP contribution in [0, 0.1) is 26.7 Å². The van der Waals surface area contributed by atoms with Crippen molar-refractivity contribution in [2.24, 2.45) is 5.92 Å². The molecule has 0 atom stereocenters. The Hall–Kier alpha value is -3.54. The Balaban J connectivity index is 0.000000147. The molecule has 6 rings (SSSR count). The maximum Gasteiger partial charge on any atom is 0.268 e. The van der Waals surface area contributed by atoms with Gasteiger partial charge in [0.1, 0.15) is 11.4 Å². The molecule has 6 nitrogen and oxygen atoms in total. The highest BCUT2D eigenvalue weighted by Crippen LogP contribution is 2.28. The number of hydrogen-bond acceptors (Lipinski definition) is 2. The van der Waals surface area contributed by atoms with Gasteiger partial charge < -0.3 is 19.8 Å². The lowest BCUT2D eigenvalue weighted by molar-refractivity contribution is 0.0921. The zero-order valence-electron chi connectivity index (χ0n) is 21.3. The Labute approximate surface area is 206 Å². The summed E-state index contributed by atoms with van der Waals surface area (Å²) in [7, 11) is 0. The van der Waals surface area contributed by atoms with Crippen LogP contribution in [0.2, 0.25) is 0 Å². The third kappa shape index (κ3) is 4.22. The van der Waals surface area contributed by atoms with Gasteiger partial charge in [-0.3, -0.25) is 9.59 Å². The normalized spacial score (nSPS) is 14.9. The fourth-order valence-corrected chi connectivity index (χ4v) is 5.67. The predicted molar refractivity (Wildman–Crippen MR) is 141 cm³/mol. The summed E-state index contributed by atoms with van der Waals surface area (Å²) in [6.07, 6.45) is 1.06. The zero-order valence-corrected chi connectivity index (χ0v) is 21.3. The van der Waals surface area contributed by atoms with Gasteiger partial charge in [0.15, 0.2) is 0 Å². The van der Waals surface area contributed by atoms with Crippen LogP contribution >= 0.6 is 0 Å². The Morgan fingerprint density at radius 3 is 1.83 bits per heavy atom. The van der Waals surface area contributed by atoms with Crippen molar-refractivity contribution in [2.75, 3.05) is 13.1 Å². The Morgan fingerprint density at radius 1 is 0.743 bits per heavy atom. The lowest BCUT2D eigenvalue weighted by Gasteiger charge is -2.18. The molecule has 6 heteroatoms. The summed E-state index contributed by atoms with van der Waals surface area (Å²) >= 11 is 0. The molecule has 0 aliphatic carbocycles. The minimum absolute atomic E-state index is 0.0412. The lowest BCUT2D eigenvalue weighted by atomic mass is 9.99. The van der Waals surface area contributed by atoms with Crippen LogP contribution in [0.5, 0.6) is 0 Å². The van der Waals surface area contributed by atoms with Crippen LogP contribution in [0.3, 0.4) is 0 Å². The van der Waals surface area contributed by atoms with Crippen LogP contribution in [-0.2, 0) is 19.5 Å². The maximum absolute atomic E-state index is 11.9. The van der Waals surface area contributed by atoms with E-state index in [1.165, 1.54) is 44.1 Å². The number of nitrogens with zero attached hydrogens (tertiary/aromatic N) is 2. The van der Waals surface area contributed by atoms with Gasteiger partial charge in [0.05, 0.1) is 11.0 Å². The van der Waals surface area contributed by atoms with Crippen molar-refractivity contribution in [1.82, 2.24) is 19.8 Å². The number of fused-ring (bicyclic) bond motifs is 6. The van der Waals surface area contributed by atoms with Crippen molar-refractivity contribution >= 4 is 33.6 Å². The van der Waals surface area contributed by atoms with Gasteiger partial charge in [0, 0.05) is 37.0 Å². The first-order valence-electron chi connectivity index (χ1n) is 12.5. The number of rotatable bonds is 2. The second kappa shape index (κ2) is 8.91. The molecule has 0 spiro atoms. The van der Waals surface area contributed by atoms with Gasteiger partial charge in [0.2, 0.25) is 0 Å². The Morgan fingerprint density at radius 2 is 1.26 bits per heavy atom. The van der Waals surface area contributed by atoms with Gasteiger partial charge in [0.25, 0.3) is 11.8 Å². The van der Waals surface area contributed by atoms with E-state index in [0.717, 1.165) is 44.0 Å². The fraction of sp³-hybridized carbons (Fsp3) is 0.379. The number of hydrogen-bond donors (Lipinski definition) is 2. The highest BCUT2D eigenvalue weighted by molar-refractivity contribution is 6.01. The van der Waals surface area contributed by atoms with E-state index < -0.39 is 0 Å². The smallest absolute Gasteiger partial charge is 0.268 e. The van der Waals surface area contributed by atoms with Gasteiger partial charge in [-0.2, -0.15) is 0 Å². The van der Waals surface area contributed by atoms with Crippen molar-refractivity contribution in [3.63, 3.8) is 0 Å². The predicted octanol–water partition coefficient (Wildman–Crippen LogP) is 4.89. The van der Waals surface area contributed by atoms with Crippen LogP contribution < -0.4 is 10.6 Å². The molecule has 182 valence electrons. The second-order valence-electron chi connectivity index (χ2n) is 10.4. The summed E-state index contributed by atoms with van der Waals surface area (Å²) in [4.78, 5) is 23.7. The summed E-state index contributed by atoms with van der Waals surface area (Å²) in [6.45, 7) is 14.0. The molecule has 4 aromatic rings. The quantitative estimate of drug-likeness (QED) is 0.438. The SMILES string of the molecule is Cc1cc(C)c2c(c1)cc1n2CCNC1=O.Cc1cc(CC(C)C)c2c(c1)cc1n2CCNC1=O. The van der Waals surface area contributed by atoms with E-state index in [1.54, 1.807) is 0 Å². The van der Waals surface area contributed by atoms with Crippen molar-refractivity contribution in [2.45, 2.75) is 54.1 Å². The summed E-state index contributed by atoms with van der Waals surface area (Å²) in [5.74, 6) is 0.712. The van der Waals surface area contributed by atoms with Crippen molar-refractivity contribution < 1.29 is 9.59 Å². The van der Waals surface area contributed by atoms with Gasteiger partial charge >= 0.3 is 0 Å². The molecule has 2 aromatic heterocycles. The number of benzene rings is 2. The summed E-state index contributed by atoms with van der Waals surface area (Å²) in [5, 5.41) is 8.16. The van der Waals surface area contributed by atoms with Crippen LogP contribution in [-0.4, -0.2) is 34.0 Å². The topological polar surface area (TPSA) is 68.1 Å². The van der Waals surface area contributed by atoms with Crippen LogP contribution in [0.15, 0.2) is 36.4 Å². The third-order valence-corrected chi connectivity index (χ3v) is 6.88. The summed E-state index contributed by atoms with van der Waals surface area (Å²) < 4.78 is 4.31. The third-order valence-electron chi connectivity index (χ3n) is 6.88. The van der Waals surface area contributed by atoms with E-state index in [4.69, 9.17) is 0 Å². The van der Waals surface area contributed by atoms with E-state index >= 15 is 0 Å². The molecule has 2 amide bonds. The zero-order chi connectivity index (χ0) is 24.9. The number of aryl methyl sites for hydroxylation is 3. The van der Waals surface area contributed by atoms with E-state index in [2.05, 4.69) is 78.7 Å². The first-order chi connectivity index (χ1) is 16.7. The standard InChI is InChI=1S/C16H20N2O.C13H14N2O/c1-10(2)6-12-7-11(3)8-13-9-14-16(19)17-4-5-18(14)15(12)13;1-8-5-9(2)12-10(6-8)7-11-13(16)14-3-4-15(11)12/h7-10H,4-6H2,1-3H3,(H,17,19);5-7H,3-4H2,1-2H3,(H,14,16). The molecule has 0 bridgehead atoms. The highest BCUT2D eigenvalue weighted by Gasteiger charge is 2.22. The van der Waals surface area contributed by atoms with Crippen LogP contribution in [0.1, 0.15) is 57.1 Å². The number of carbonyl (C=O) groups is 2. The second-order valence-corrected chi connectivity index (χ2v) is 10.4. The number of aromatic nitrogens is 2. The van der Waals surface area contributed by atoms with Crippen molar-refractivity contribution in [3.8, 4) is 0 Å². The molecule has 0 unspecified atom stereocenters. The monoisotopic (exact) mass is 470 g/mol. The number of nitrogens with one attached hydrogen (secondary N) is 2. The highest BCUT2D eigenvalue weighted by atomic mass is 16.2. The molecule has 35 heavy (non-hydrogen) atoms. The van der Waals surface area contributed by atoms with E-state index in [-0.39, 0.29) is 11.8 Å². The first-order valence-corrected chi connectivity index (χ1v) is 12.5. The van der Waals surface area contributed by atoms with E-state index in [0.29, 0.717) is 5.92 Å². The largest absolute Gasteiger partial charge is 0.349 e. The molecule has 0 saturated carbocycles. The maximum atomic E-state index is 11.9. The van der Waals surface area contributed by atoms with Crippen molar-refractivity contribution in [3.05, 3.63) is 70.0 Å². The van der Waals surface area contributed by atoms with Gasteiger partial charge in [-0.05, 0) is 68.5 Å².